The maximum absolute atomic E-state index is 13.7. The minimum atomic E-state index is -3.28. The van der Waals surface area contributed by atoms with Crippen molar-refractivity contribution in [3.05, 3.63) is 58.4 Å². The van der Waals surface area contributed by atoms with Crippen molar-refractivity contribution in [1.29, 1.82) is 0 Å². The Balaban J connectivity index is 2.02. The van der Waals surface area contributed by atoms with Gasteiger partial charge in [0.15, 0.2) is 11.7 Å². The second-order valence-corrected chi connectivity index (χ2v) is 9.05. The molecular weight excluding hydrogens is 355 g/mol. The van der Waals surface area contributed by atoms with Crippen molar-refractivity contribution in [2.45, 2.75) is 6.92 Å². The zero-order valence-electron chi connectivity index (χ0n) is 14.1. The highest BCUT2D eigenvalue weighted by Crippen LogP contribution is 2.54. The molecule has 1 atom stereocenters. The molecule has 4 rings (SSSR count). The molecule has 3 heterocycles. The molecule has 0 aliphatic carbocycles. The summed E-state index contributed by atoms with van der Waals surface area (Å²) < 4.78 is 22.6. The zero-order chi connectivity index (χ0) is 17.6. The summed E-state index contributed by atoms with van der Waals surface area (Å²) in [5.41, 5.74) is 1.53. The summed E-state index contributed by atoms with van der Waals surface area (Å²) in [5, 5.41) is 7.12. The highest BCUT2D eigenvalue weighted by molar-refractivity contribution is 7.66. The van der Waals surface area contributed by atoms with Gasteiger partial charge in [-0.3, -0.25) is 9.24 Å². The lowest BCUT2D eigenvalue weighted by Crippen LogP contribution is -2.33. The van der Waals surface area contributed by atoms with Crippen LogP contribution in [0, 0.1) is 6.92 Å². The first-order valence-corrected chi connectivity index (χ1v) is 10.2. The van der Waals surface area contributed by atoms with E-state index in [0.717, 1.165) is 10.6 Å². The number of hydrogen-bond donors (Lipinski definition) is 0. The second kappa shape index (κ2) is 5.95. The number of benzene rings is 1. The molecule has 0 spiro atoms. The number of thiophene rings is 1. The van der Waals surface area contributed by atoms with E-state index in [-0.39, 0.29) is 0 Å². The fourth-order valence-electron chi connectivity index (χ4n) is 2.97. The lowest BCUT2D eigenvalue weighted by atomic mass is 10.3. The number of amidine groups is 1. The van der Waals surface area contributed by atoms with Gasteiger partial charge in [-0.2, -0.15) is 5.10 Å². The van der Waals surface area contributed by atoms with E-state index in [1.807, 2.05) is 54.8 Å². The summed E-state index contributed by atoms with van der Waals surface area (Å²) in [4.78, 5) is 5.74. The first-order valence-electron chi connectivity index (χ1n) is 7.74. The van der Waals surface area contributed by atoms with Crippen LogP contribution in [0.5, 0.6) is 0 Å². The normalized spacial score (nSPS) is 19.6. The van der Waals surface area contributed by atoms with Gasteiger partial charge in [-0.25, -0.2) is 9.67 Å². The summed E-state index contributed by atoms with van der Waals surface area (Å²) in [7, 11) is -0.0589. The number of fused-ring (bicyclic) bond motifs is 1. The van der Waals surface area contributed by atoms with Gasteiger partial charge in [0.2, 0.25) is 0 Å². The highest BCUT2D eigenvalue weighted by Gasteiger charge is 2.43. The smallest absolute Gasteiger partial charge is 0.313 e. The predicted molar refractivity (Wildman–Crippen MR) is 101 cm³/mol. The van der Waals surface area contributed by atoms with Gasteiger partial charge in [0.25, 0.3) is 0 Å². The molecule has 0 fully saturated rings. The second-order valence-electron chi connectivity index (χ2n) is 5.64. The van der Waals surface area contributed by atoms with Gasteiger partial charge < -0.3 is 4.52 Å². The van der Waals surface area contributed by atoms with Gasteiger partial charge in [0, 0.05) is 14.2 Å². The van der Waals surface area contributed by atoms with Crippen molar-refractivity contribution in [3.8, 4) is 5.69 Å². The molecular formula is C17H17N4O2PS. The molecule has 1 aromatic carbocycles. The fourth-order valence-corrected chi connectivity index (χ4v) is 5.77. The van der Waals surface area contributed by atoms with Crippen LogP contribution in [0.1, 0.15) is 10.6 Å². The van der Waals surface area contributed by atoms with Crippen LogP contribution >= 0.6 is 18.9 Å². The molecule has 1 aliphatic rings. The summed E-state index contributed by atoms with van der Waals surface area (Å²) in [6, 6.07) is 13.6. The van der Waals surface area contributed by atoms with Gasteiger partial charge in [-0.15, -0.1) is 11.3 Å². The summed E-state index contributed by atoms with van der Waals surface area (Å²) in [6.07, 6.45) is 0. The van der Waals surface area contributed by atoms with E-state index in [1.165, 1.54) is 7.11 Å². The molecule has 0 radical (unpaired) electrons. The number of aliphatic imine (C=N–C) groups is 1. The molecule has 0 saturated heterocycles. The number of aryl methyl sites for hydroxylation is 1. The van der Waals surface area contributed by atoms with Crippen molar-refractivity contribution < 1.29 is 9.09 Å². The van der Waals surface area contributed by atoms with Crippen LogP contribution in [0.3, 0.4) is 0 Å². The molecule has 0 unspecified atom stereocenters. The Bertz CT molecular complexity index is 995. The average Bonchev–Trinajstić information content (AvgIpc) is 3.27. The topological polar surface area (TPSA) is 59.7 Å². The lowest BCUT2D eigenvalue weighted by Gasteiger charge is -2.32. The van der Waals surface area contributed by atoms with E-state index >= 15 is 0 Å². The molecule has 128 valence electrons. The molecule has 25 heavy (non-hydrogen) atoms. The van der Waals surface area contributed by atoms with Crippen LogP contribution in [0.15, 0.2) is 52.8 Å². The van der Waals surface area contributed by atoms with Crippen LogP contribution in [0.4, 0.5) is 5.82 Å². The fraction of sp³-hybridized carbons (Fsp3) is 0.176. The highest BCUT2D eigenvalue weighted by atomic mass is 32.1. The van der Waals surface area contributed by atoms with Crippen molar-refractivity contribution in [1.82, 2.24) is 14.5 Å². The maximum Gasteiger partial charge on any atom is 0.332 e. The van der Waals surface area contributed by atoms with Crippen LogP contribution < -0.4 is 5.30 Å². The van der Waals surface area contributed by atoms with E-state index in [9.17, 15) is 4.57 Å². The first-order chi connectivity index (χ1) is 12.1. The van der Waals surface area contributed by atoms with E-state index in [4.69, 9.17) is 9.52 Å². The van der Waals surface area contributed by atoms with Crippen molar-refractivity contribution >= 4 is 35.8 Å². The van der Waals surface area contributed by atoms with E-state index in [0.29, 0.717) is 22.7 Å². The van der Waals surface area contributed by atoms with Crippen LogP contribution in [-0.4, -0.2) is 34.4 Å². The summed E-state index contributed by atoms with van der Waals surface area (Å²) in [6.45, 7) is 1.84. The quantitative estimate of drug-likeness (QED) is 0.658. The minimum absolute atomic E-state index is 0.557. The maximum atomic E-state index is 13.7. The van der Waals surface area contributed by atoms with E-state index < -0.39 is 7.52 Å². The van der Waals surface area contributed by atoms with E-state index in [2.05, 4.69) is 5.10 Å². The number of para-hydroxylation sites is 1. The van der Waals surface area contributed by atoms with Crippen LogP contribution in [-0.2, 0) is 9.09 Å². The Morgan fingerprint density at radius 2 is 1.92 bits per heavy atom. The van der Waals surface area contributed by atoms with Crippen molar-refractivity contribution in [2.24, 2.45) is 4.99 Å². The number of nitrogens with zero attached hydrogens (tertiary/aromatic N) is 4. The monoisotopic (exact) mass is 372 g/mol. The molecule has 6 nitrogen and oxygen atoms in total. The molecule has 0 N–H and O–H groups in total. The number of hydrogen-bond acceptors (Lipinski definition) is 5. The standard InChI is InChI=1S/C17H17N4O2PS/c1-12-15-17(21(19-12)13-8-5-4-6-9-13)18-16(14-10-7-11-25-14)20(2)24(15,22)23-3/h4-11H,1-3H3/t24-/m0/s1. The lowest BCUT2D eigenvalue weighted by molar-refractivity contribution is 0.371. The Morgan fingerprint density at radius 3 is 2.56 bits per heavy atom. The molecule has 8 heteroatoms. The minimum Gasteiger partial charge on any atom is -0.313 e. The molecule has 2 aromatic heterocycles. The Kier molecular flexibility index (Phi) is 3.87. The molecule has 0 saturated carbocycles. The van der Waals surface area contributed by atoms with Gasteiger partial charge >= 0.3 is 7.52 Å². The Labute approximate surface area is 149 Å². The third kappa shape index (κ3) is 2.39. The molecule has 1 aliphatic heterocycles. The van der Waals surface area contributed by atoms with Crippen molar-refractivity contribution in [2.75, 3.05) is 14.2 Å². The average molecular weight is 372 g/mol. The Morgan fingerprint density at radius 1 is 1.16 bits per heavy atom. The molecule has 3 aromatic rings. The molecule has 0 bridgehead atoms. The summed E-state index contributed by atoms with van der Waals surface area (Å²) >= 11 is 1.55. The third-order valence-corrected chi connectivity index (χ3v) is 7.62. The van der Waals surface area contributed by atoms with Gasteiger partial charge in [-0.05, 0) is 30.5 Å². The van der Waals surface area contributed by atoms with E-state index in [1.54, 1.807) is 27.7 Å². The van der Waals surface area contributed by atoms with Gasteiger partial charge in [0.05, 0.1) is 16.3 Å². The number of rotatable bonds is 3. The zero-order valence-corrected chi connectivity index (χ0v) is 15.8. The Hall–Kier alpha value is -2.21. The predicted octanol–water partition coefficient (Wildman–Crippen LogP) is 3.73. The third-order valence-electron chi connectivity index (χ3n) is 4.19. The van der Waals surface area contributed by atoms with Crippen LogP contribution in [0.2, 0.25) is 0 Å². The number of aromatic nitrogens is 2. The SMILES string of the molecule is CO[P@@]1(=O)c2c(C)nn(-c3ccccc3)c2N=C(c2cccs2)N1C. The largest absolute Gasteiger partial charge is 0.332 e. The molecule has 0 amide bonds. The van der Waals surface area contributed by atoms with Crippen LogP contribution in [0.25, 0.3) is 5.69 Å². The first kappa shape index (κ1) is 16.3. The van der Waals surface area contributed by atoms with Gasteiger partial charge in [-0.1, -0.05) is 24.3 Å². The van der Waals surface area contributed by atoms with Gasteiger partial charge in [0.1, 0.15) is 5.30 Å². The van der Waals surface area contributed by atoms with Crippen molar-refractivity contribution in [3.63, 3.8) is 0 Å². The summed E-state index contributed by atoms with van der Waals surface area (Å²) in [5.74, 6) is 1.19.